The van der Waals surface area contributed by atoms with Crippen LogP contribution in [0.25, 0.3) is 5.76 Å². The van der Waals surface area contributed by atoms with Crippen LogP contribution in [0.5, 0.6) is 11.5 Å². The topological polar surface area (TPSA) is 102 Å². The number of hydrogen-bond donors (Lipinski definition) is 1. The largest absolute Gasteiger partial charge is 0.507 e. The van der Waals surface area contributed by atoms with Gasteiger partial charge in [-0.2, -0.15) is 0 Å². The molecule has 4 rings (SSSR count). The number of methoxy groups -OCH3 is 1. The van der Waals surface area contributed by atoms with Gasteiger partial charge in [0.05, 0.1) is 24.8 Å². The Morgan fingerprint density at radius 1 is 1.09 bits per heavy atom. The number of nitrogens with zero attached hydrogens (tertiary/aromatic N) is 2. The number of aryl methyl sites for hydroxylation is 1. The van der Waals surface area contributed by atoms with E-state index in [0.717, 1.165) is 0 Å². The number of carbonyl (C=O) groups is 2. The number of Topliss-reactive ketones (excluding diaryl/α,β-unsaturated/α-hetero) is 1. The highest BCUT2D eigenvalue weighted by Gasteiger charge is 2.48. The van der Waals surface area contributed by atoms with Crippen molar-refractivity contribution < 1.29 is 28.7 Å². The van der Waals surface area contributed by atoms with Gasteiger partial charge < -0.3 is 19.1 Å². The van der Waals surface area contributed by atoms with Gasteiger partial charge in [-0.1, -0.05) is 17.3 Å². The van der Waals surface area contributed by atoms with E-state index in [0.29, 0.717) is 28.4 Å². The van der Waals surface area contributed by atoms with Crippen molar-refractivity contribution in [2.45, 2.75) is 32.9 Å². The van der Waals surface area contributed by atoms with E-state index in [1.807, 2.05) is 13.8 Å². The van der Waals surface area contributed by atoms with Crippen LogP contribution < -0.4 is 14.4 Å². The van der Waals surface area contributed by atoms with Gasteiger partial charge in [0.15, 0.2) is 5.82 Å². The zero-order valence-electron chi connectivity index (χ0n) is 18.7. The maximum absolute atomic E-state index is 13.1. The number of hydrogen-bond acceptors (Lipinski definition) is 7. The average Bonchev–Trinajstić information content (AvgIpc) is 3.34. The quantitative estimate of drug-likeness (QED) is 0.339. The fourth-order valence-corrected chi connectivity index (χ4v) is 3.78. The van der Waals surface area contributed by atoms with Gasteiger partial charge in [-0.15, -0.1) is 0 Å². The second-order valence-corrected chi connectivity index (χ2v) is 7.93. The lowest BCUT2D eigenvalue weighted by Crippen LogP contribution is -2.29. The summed E-state index contributed by atoms with van der Waals surface area (Å²) in [5.41, 5.74) is 0.912. The van der Waals surface area contributed by atoms with Gasteiger partial charge in [-0.3, -0.25) is 14.5 Å². The molecule has 0 spiro atoms. The molecule has 0 aliphatic carbocycles. The van der Waals surface area contributed by atoms with E-state index in [-0.39, 0.29) is 23.3 Å². The first-order valence-corrected chi connectivity index (χ1v) is 10.5. The van der Waals surface area contributed by atoms with E-state index >= 15 is 0 Å². The van der Waals surface area contributed by atoms with Crippen molar-refractivity contribution in [3.8, 4) is 11.5 Å². The van der Waals surface area contributed by atoms with Crippen molar-refractivity contribution in [1.82, 2.24) is 5.16 Å². The number of amides is 1. The van der Waals surface area contributed by atoms with Gasteiger partial charge >= 0.3 is 5.91 Å². The Hall–Kier alpha value is -4.07. The molecule has 1 N–H and O–H groups in total. The number of ether oxygens (including phenoxy) is 2. The Kier molecular flexibility index (Phi) is 5.91. The minimum absolute atomic E-state index is 0.00579. The molecular weight excluding hydrogens is 424 g/mol. The fraction of sp³-hybridized carbons (Fsp3) is 0.240. The van der Waals surface area contributed by atoms with Crippen LogP contribution in [-0.4, -0.2) is 35.2 Å². The lowest BCUT2D eigenvalue weighted by molar-refractivity contribution is -0.132. The third-order valence-electron chi connectivity index (χ3n) is 5.22. The minimum Gasteiger partial charge on any atom is -0.507 e. The number of rotatable bonds is 6. The number of benzene rings is 2. The van der Waals surface area contributed by atoms with Crippen LogP contribution in [0, 0.1) is 6.92 Å². The number of carbonyl (C=O) groups excluding carboxylic acids is 2. The van der Waals surface area contributed by atoms with E-state index in [4.69, 9.17) is 14.0 Å². The molecule has 8 nitrogen and oxygen atoms in total. The van der Waals surface area contributed by atoms with E-state index in [1.165, 1.54) is 12.0 Å². The van der Waals surface area contributed by atoms with Crippen LogP contribution >= 0.6 is 0 Å². The Morgan fingerprint density at radius 3 is 2.42 bits per heavy atom. The third-order valence-corrected chi connectivity index (χ3v) is 5.22. The molecule has 0 radical (unpaired) electrons. The number of aliphatic hydroxyl groups is 1. The molecule has 170 valence electrons. The number of ketones is 1. The Labute approximate surface area is 191 Å². The number of anilines is 1. The minimum atomic E-state index is -0.920. The average molecular weight is 448 g/mol. The Bertz CT molecular complexity index is 1230. The molecule has 1 atom stereocenters. The van der Waals surface area contributed by atoms with Crippen molar-refractivity contribution in [2.75, 3.05) is 12.0 Å². The summed E-state index contributed by atoms with van der Waals surface area (Å²) in [6.45, 7) is 5.51. The van der Waals surface area contributed by atoms with Crippen LogP contribution in [0.1, 0.15) is 36.8 Å². The maximum atomic E-state index is 13.1. The summed E-state index contributed by atoms with van der Waals surface area (Å²) >= 11 is 0. The maximum Gasteiger partial charge on any atom is 0.301 e. The number of aromatic nitrogens is 1. The van der Waals surface area contributed by atoms with Gasteiger partial charge in [-0.05, 0) is 62.7 Å². The molecular formula is C25H24N2O6. The molecule has 8 heteroatoms. The normalized spacial score (nSPS) is 17.6. The van der Waals surface area contributed by atoms with Crippen LogP contribution in [-0.2, 0) is 9.59 Å². The van der Waals surface area contributed by atoms with Gasteiger partial charge in [0.1, 0.15) is 23.0 Å². The zero-order chi connectivity index (χ0) is 23.7. The van der Waals surface area contributed by atoms with Crippen LogP contribution in [0.15, 0.2) is 64.7 Å². The Balaban J connectivity index is 1.87. The molecule has 1 amide bonds. The second kappa shape index (κ2) is 8.82. The molecule has 1 saturated heterocycles. The molecule has 1 aromatic heterocycles. The van der Waals surface area contributed by atoms with E-state index < -0.39 is 17.7 Å². The monoisotopic (exact) mass is 448 g/mol. The first-order chi connectivity index (χ1) is 15.8. The summed E-state index contributed by atoms with van der Waals surface area (Å²) in [4.78, 5) is 27.4. The second-order valence-electron chi connectivity index (χ2n) is 7.93. The highest BCUT2D eigenvalue weighted by molar-refractivity contribution is 6.51. The van der Waals surface area contributed by atoms with Crippen molar-refractivity contribution in [2.24, 2.45) is 0 Å². The van der Waals surface area contributed by atoms with Crippen molar-refractivity contribution in [3.05, 3.63) is 77.1 Å². The Morgan fingerprint density at radius 2 is 1.82 bits per heavy atom. The lowest BCUT2D eigenvalue weighted by Gasteiger charge is -2.23. The van der Waals surface area contributed by atoms with Crippen molar-refractivity contribution >= 4 is 23.3 Å². The van der Waals surface area contributed by atoms with Crippen LogP contribution in [0.4, 0.5) is 5.82 Å². The summed E-state index contributed by atoms with van der Waals surface area (Å²) in [5, 5.41) is 15.1. The molecule has 1 aliphatic rings. The zero-order valence-corrected chi connectivity index (χ0v) is 18.7. The molecule has 33 heavy (non-hydrogen) atoms. The summed E-state index contributed by atoms with van der Waals surface area (Å²) in [6.07, 6.45) is -0.00579. The van der Waals surface area contributed by atoms with Gasteiger partial charge in [-0.25, -0.2) is 0 Å². The molecule has 2 heterocycles. The summed E-state index contributed by atoms with van der Waals surface area (Å²) < 4.78 is 16.1. The summed E-state index contributed by atoms with van der Waals surface area (Å²) in [7, 11) is 1.53. The van der Waals surface area contributed by atoms with Gasteiger partial charge in [0.25, 0.3) is 5.78 Å². The SMILES string of the molecule is COc1cccc([C@@H]2/C(=C(\O)c3ccc(OC(C)C)cc3)C(=O)C(=O)N2c2cc(C)on2)c1. The number of aliphatic hydroxyl groups excluding tert-OH is 1. The van der Waals surface area contributed by atoms with Crippen LogP contribution in [0.2, 0.25) is 0 Å². The van der Waals surface area contributed by atoms with Gasteiger partial charge in [0.2, 0.25) is 0 Å². The van der Waals surface area contributed by atoms with Crippen LogP contribution in [0.3, 0.4) is 0 Å². The highest BCUT2D eigenvalue weighted by atomic mass is 16.5. The standard InChI is InChI=1S/C25H24N2O6/c1-14(2)32-18-10-8-16(9-11-18)23(28)21-22(17-6-5-7-19(13-17)31-4)27(25(30)24(21)29)20-12-15(3)33-26-20/h5-14,22,28H,1-4H3/b23-21+/t22-/m1/s1. The summed E-state index contributed by atoms with van der Waals surface area (Å²) in [6, 6.07) is 14.3. The molecule has 0 bridgehead atoms. The summed E-state index contributed by atoms with van der Waals surface area (Å²) in [5.74, 6) is -0.0749. The highest BCUT2D eigenvalue weighted by Crippen LogP contribution is 2.42. The van der Waals surface area contributed by atoms with E-state index in [1.54, 1.807) is 61.5 Å². The van der Waals surface area contributed by atoms with E-state index in [9.17, 15) is 14.7 Å². The molecule has 0 saturated carbocycles. The van der Waals surface area contributed by atoms with E-state index in [2.05, 4.69) is 5.16 Å². The first kappa shape index (κ1) is 22.1. The molecule has 3 aromatic rings. The first-order valence-electron chi connectivity index (χ1n) is 10.5. The molecule has 1 fully saturated rings. The molecule has 1 aliphatic heterocycles. The van der Waals surface area contributed by atoms with Crippen molar-refractivity contribution in [3.63, 3.8) is 0 Å². The predicted octanol–water partition coefficient (Wildman–Crippen LogP) is 4.41. The smallest absolute Gasteiger partial charge is 0.301 e. The fourth-order valence-electron chi connectivity index (χ4n) is 3.78. The lowest BCUT2D eigenvalue weighted by atomic mass is 9.95. The molecule has 0 unspecified atom stereocenters. The van der Waals surface area contributed by atoms with Gasteiger partial charge in [0, 0.05) is 11.6 Å². The van der Waals surface area contributed by atoms with Crippen molar-refractivity contribution in [1.29, 1.82) is 0 Å². The predicted molar refractivity (Wildman–Crippen MR) is 121 cm³/mol. The third kappa shape index (κ3) is 4.19. The molecule has 2 aromatic carbocycles.